The van der Waals surface area contributed by atoms with Crippen molar-refractivity contribution in [2.45, 2.75) is 37.8 Å². The Hall–Kier alpha value is -3.41. The van der Waals surface area contributed by atoms with Crippen molar-refractivity contribution in [2.24, 2.45) is 0 Å². The van der Waals surface area contributed by atoms with E-state index in [1.165, 1.54) is 17.0 Å². The molecule has 0 bridgehead atoms. The van der Waals surface area contributed by atoms with Gasteiger partial charge in [-0.15, -0.1) is 0 Å². The summed E-state index contributed by atoms with van der Waals surface area (Å²) >= 11 is 0. The molecule has 1 aliphatic carbocycles. The van der Waals surface area contributed by atoms with Crippen LogP contribution in [-0.4, -0.2) is 24.5 Å². The molecule has 5 rings (SSSR count). The number of halogens is 1. The largest absolute Gasteiger partial charge is 0.483 e. The van der Waals surface area contributed by atoms with E-state index in [1.807, 2.05) is 30.3 Å². The number of hydrogen-bond acceptors (Lipinski definition) is 3. The van der Waals surface area contributed by atoms with Crippen LogP contribution in [0.5, 0.6) is 5.75 Å². The van der Waals surface area contributed by atoms with Crippen LogP contribution in [0.3, 0.4) is 0 Å². The lowest BCUT2D eigenvalue weighted by molar-refractivity contribution is -0.127. The molecule has 6 heteroatoms. The molecule has 1 unspecified atom stereocenters. The predicted molar refractivity (Wildman–Crippen MR) is 116 cm³/mol. The summed E-state index contributed by atoms with van der Waals surface area (Å²) in [7, 11) is 0. The van der Waals surface area contributed by atoms with Crippen LogP contribution in [0, 0.1) is 5.82 Å². The summed E-state index contributed by atoms with van der Waals surface area (Å²) < 4.78 is 20.7. The summed E-state index contributed by atoms with van der Waals surface area (Å²) in [6.45, 7) is -0.271. The highest BCUT2D eigenvalue weighted by molar-refractivity contribution is 6.06. The monoisotopic (exact) mass is 418 g/mol. The van der Waals surface area contributed by atoms with E-state index in [9.17, 15) is 14.0 Å². The zero-order valence-electron chi connectivity index (χ0n) is 17.0. The van der Waals surface area contributed by atoms with Gasteiger partial charge in [-0.05, 0) is 41.8 Å². The van der Waals surface area contributed by atoms with Gasteiger partial charge in [0.05, 0.1) is 5.69 Å². The molecule has 1 aliphatic heterocycles. The fourth-order valence-electron chi connectivity index (χ4n) is 4.68. The Labute approximate surface area is 179 Å². The molecule has 1 atom stereocenters. The van der Waals surface area contributed by atoms with E-state index >= 15 is 0 Å². The average molecular weight is 418 g/mol. The van der Waals surface area contributed by atoms with Gasteiger partial charge in [-0.1, -0.05) is 55.3 Å². The highest BCUT2D eigenvalue weighted by Gasteiger charge is 2.40. The number of nitrogens with zero attached hydrogens (tertiary/aromatic N) is 1. The van der Waals surface area contributed by atoms with Gasteiger partial charge < -0.3 is 10.1 Å². The van der Waals surface area contributed by atoms with Crippen LogP contribution in [0.25, 0.3) is 10.8 Å². The summed E-state index contributed by atoms with van der Waals surface area (Å²) in [5.41, 5.74) is 0.658. The summed E-state index contributed by atoms with van der Waals surface area (Å²) in [5.74, 6) is -0.862. The van der Waals surface area contributed by atoms with Crippen molar-refractivity contribution in [1.82, 2.24) is 5.32 Å². The highest BCUT2D eigenvalue weighted by atomic mass is 19.1. The number of nitrogens with one attached hydrogen (secondary N) is 1. The lowest BCUT2D eigenvalue weighted by atomic mass is 9.95. The maximum Gasteiger partial charge on any atom is 0.266 e. The third-order valence-electron chi connectivity index (χ3n) is 6.14. The fourth-order valence-corrected chi connectivity index (χ4v) is 4.68. The molecular formula is C25H23FN2O3. The lowest BCUT2D eigenvalue weighted by Crippen LogP contribution is -2.46. The lowest BCUT2D eigenvalue weighted by Gasteiger charge is -2.31. The van der Waals surface area contributed by atoms with E-state index in [1.54, 1.807) is 18.2 Å². The van der Waals surface area contributed by atoms with Crippen LogP contribution in [-0.2, 0) is 9.59 Å². The Bertz CT molecular complexity index is 1160. The molecule has 0 radical (unpaired) electrons. The zero-order valence-corrected chi connectivity index (χ0v) is 17.0. The normalized spacial score (nSPS) is 19.1. The molecule has 1 saturated carbocycles. The SMILES string of the molecule is O=C(NC1CCCC1)C1c2c(ccc3ccccc23)OCC(=O)N1c1ccccc1F. The van der Waals surface area contributed by atoms with E-state index in [0.29, 0.717) is 11.3 Å². The van der Waals surface area contributed by atoms with Crippen LogP contribution in [0.1, 0.15) is 37.3 Å². The zero-order chi connectivity index (χ0) is 21.4. The fraction of sp³-hybridized carbons (Fsp3) is 0.280. The molecule has 31 heavy (non-hydrogen) atoms. The molecule has 3 aromatic rings. The van der Waals surface area contributed by atoms with Crippen molar-refractivity contribution < 1.29 is 18.7 Å². The summed E-state index contributed by atoms with van der Waals surface area (Å²) in [5, 5.41) is 4.84. The molecule has 0 aromatic heterocycles. The van der Waals surface area contributed by atoms with Gasteiger partial charge in [-0.2, -0.15) is 0 Å². The number of carbonyl (C=O) groups excluding carboxylic acids is 2. The molecule has 158 valence electrons. The number of benzene rings is 3. The first-order valence-electron chi connectivity index (χ1n) is 10.6. The van der Waals surface area contributed by atoms with Crippen molar-refractivity contribution in [1.29, 1.82) is 0 Å². The first kappa shape index (κ1) is 19.5. The van der Waals surface area contributed by atoms with Gasteiger partial charge in [0.2, 0.25) is 5.91 Å². The van der Waals surface area contributed by atoms with Crippen LogP contribution in [0.4, 0.5) is 10.1 Å². The minimum atomic E-state index is -1.03. The third-order valence-corrected chi connectivity index (χ3v) is 6.14. The van der Waals surface area contributed by atoms with Gasteiger partial charge in [0.15, 0.2) is 6.61 Å². The number of rotatable bonds is 3. The summed E-state index contributed by atoms with van der Waals surface area (Å²) in [6.07, 6.45) is 3.94. The van der Waals surface area contributed by atoms with Gasteiger partial charge >= 0.3 is 0 Å². The van der Waals surface area contributed by atoms with Gasteiger partial charge in [0, 0.05) is 11.6 Å². The minimum absolute atomic E-state index is 0.0627. The summed E-state index contributed by atoms with van der Waals surface area (Å²) in [4.78, 5) is 28.1. The number of anilines is 1. The van der Waals surface area contributed by atoms with E-state index in [2.05, 4.69) is 5.32 Å². The van der Waals surface area contributed by atoms with Crippen LogP contribution < -0.4 is 15.0 Å². The molecule has 2 aliphatic rings. The molecular weight excluding hydrogens is 395 g/mol. The van der Waals surface area contributed by atoms with Crippen LogP contribution in [0.15, 0.2) is 60.7 Å². The number of carbonyl (C=O) groups is 2. The van der Waals surface area contributed by atoms with Crippen molar-refractivity contribution >= 4 is 28.3 Å². The van der Waals surface area contributed by atoms with E-state index in [-0.39, 0.29) is 24.2 Å². The standard InChI is InChI=1S/C25H23FN2O3/c26-19-11-5-6-12-20(19)28-22(29)15-31-21-14-13-16-7-1-4-10-18(16)23(21)24(28)25(30)27-17-8-2-3-9-17/h1,4-7,10-14,17,24H,2-3,8-9,15H2,(H,27,30). The number of ether oxygens (including phenoxy) is 1. The van der Waals surface area contributed by atoms with E-state index < -0.39 is 17.8 Å². The second-order valence-electron chi connectivity index (χ2n) is 8.09. The molecule has 1 N–H and O–H groups in total. The molecule has 0 saturated heterocycles. The minimum Gasteiger partial charge on any atom is -0.483 e. The van der Waals surface area contributed by atoms with Crippen molar-refractivity contribution in [3.63, 3.8) is 0 Å². The quantitative estimate of drug-likeness (QED) is 0.681. The second-order valence-corrected chi connectivity index (χ2v) is 8.09. The second kappa shape index (κ2) is 8.02. The van der Waals surface area contributed by atoms with Crippen LogP contribution >= 0.6 is 0 Å². The Morgan fingerprint density at radius 3 is 2.55 bits per heavy atom. The Morgan fingerprint density at radius 1 is 1.00 bits per heavy atom. The molecule has 5 nitrogen and oxygen atoms in total. The number of para-hydroxylation sites is 1. The third kappa shape index (κ3) is 3.52. The smallest absolute Gasteiger partial charge is 0.266 e. The first-order chi connectivity index (χ1) is 15.1. The molecule has 3 aromatic carbocycles. The maximum atomic E-state index is 14.8. The topological polar surface area (TPSA) is 58.6 Å². The van der Waals surface area contributed by atoms with Gasteiger partial charge in [0.25, 0.3) is 5.91 Å². The molecule has 0 spiro atoms. The van der Waals surface area contributed by atoms with Gasteiger partial charge in [0.1, 0.15) is 17.6 Å². The Balaban J connectivity index is 1.71. The van der Waals surface area contributed by atoms with E-state index in [4.69, 9.17) is 4.74 Å². The average Bonchev–Trinajstić information content (AvgIpc) is 3.24. The Morgan fingerprint density at radius 2 is 1.74 bits per heavy atom. The number of amides is 2. The van der Waals surface area contributed by atoms with Crippen molar-refractivity contribution in [3.05, 3.63) is 72.0 Å². The summed E-state index contributed by atoms with van der Waals surface area (Å²) in [6, 6.07) is 16.4. The molecule has 1 fully saturated rings. The van der Waals surface area contributed by atoms with E-state index in [0.717, 1.165) is 36.5 Å². The van der Waals surface area contributed by atoms with Gasteiger partial charge in [-0.3, -0.25) is 14.5 Å². The molecule has 2 amide bonds. The number of fused-ring (bicyclic) bond motifs is 3. The number of hydrogen-bond donors (Lipinski definition) is 1. The maximum absolute atomic E-state index is 14.8. The molecule has 1 heterocycles. The highest BCUT2D eigenvalue weighted by Crippen LogP contribution is 2.41. The van der Waals surface area contributed by atoms with Crippen molar-refractivity contribution in [3.8, 4) is 5.75 Å². The first-order valence-corrected chi connectivity index (χ1v) is 10.6. The van der Waals surface area contributed by atoms with Crippen molar-refractivity contribution in [2.75, 3.05) is 11.5 Å². The van der Waals surface area contributed by atoms with Gasteiger partial charge in [-0.25, -0.2) is 4.39 Å². The predicted octanol–water partition coefficient (Wildman–Crippen LogP) is 4.50. The Kier molecular flexibility index (Phi) is 5.06. The van der Waals surface area contributed by atoms with Crippen LogP contribution in [0.2, 0.25) is 0 Å².